The first-order valence-electron chi connectivity index (χ1n) is 17.4. The van der Waals surface area contributed by atoms with Gasteiger partial charge in [0.15, 0.2) is 0 Å². The molecule has 0 nitrogen and oxygen atoms in total. The Morgan fingerprint density at radius 3 is 2.48 bits per heavy atom. The second kappa shape index (κ2) is 12.4. The van der Waals surface area contributed by atoms with E-state index in [0.29, 0.717) is 5.92 Å². The lowest BCUT2D eigenvalue weighted by molar-refractivity contribution is 0.576. The second-order valence-corrected chi connectivity index (χ2v) is 14.0. The number of rotatable bonds is 6. The van der Waals surface area contributed by atoms with Crippen molar-refractivity contribution in [1.29, 1.82) is 0 Å². The van der Waals surface area contributed by atoms with Gasteiger partial charge in [0.05, 0.1) is 0 Å². The summed E-state index contributed by atoms with van der Waals surface area (Å²) in [4.78, 5) is 0. The molecule has 0 bridgehead atoms. The van der Waals surface area contributed by atoms with Gasteiger partial charge >= 0.3 is 0 Å². The van der Waals surface area contributed by atoms with Crippen LogP contribution in [0.1, 0.15) is 72.6 Å². The average Bonchev–Trinajstić information content (AvgIpc) is 3.34. The molecule has 0 heteroatoms. The van der Waals surface area contributed by atoms with Crippen LogP contribution in [0.2, 0.25) is 0 Å². The van der Waals surface area contributed by atoms with Crippen LogP contribution in [0, 0.1) is 5.92 Å². The molecule has 4 aromatic carbocycles. The van der Waals surface area contributed by atoms with E-state index in [1.54, 1.807) is 5.57 Å². The molecule has 4 aromatic rings. The number of hydrogen-bond donors (Lipinski definition) is 0. The third-order valence-corrected chi connectivity index (χ3v) is 10.7. The highest BCUT2D eigenvalue weighted by Crippen LogP contribution is 2.53. The van der Waals surface area contributed by atoms with Crippen molar-refractivity contribution in [3.05, 3.63) is 207 Å². The second-order valence-electron chi connectivity index (χ2n) is 14.0. The van der Waals surface area contributed by atoms with Crippen molar-refractivity contribution in [3.8, 4) is 11.1 Å². The monoisotopic (exact) mass is 618 g/mol. The Morgan fingerprint density at radius 2 is 1.65 bits per heavy atom. The Bertz CT molecular complexity index is 2160. The smallest absolute Gasteiger partial charge is 0.0121 e. The number of allylic oxidation sites excluding steroid dienone is 14. The van der Waals surface area contributed by atoms with Gasteiger partial charge in [-0.05, 0) is 111 Å². The Hall–Kier alpha value is -5.20. The third kappa shape index (κ3) is 5.46. The molecule has 48 heavy (non-hydrogen) atoms. The highest BCUT2D eigenvalue weighted by Gasteiger charge is 2.40. The molecule has 8 rings (SSSR count). The zero-order valence-electron chi connectivity index (χ0n) is 28.2. The summed E-state index contributed by atoms with van der Waals surface area (Å²) in [7, 11) is 0. The highest BCUT2D eigenvalue weighted by molar-refractivity contribution is 5.90. The van der Waals surface area contributed by atoms with Crippen molar-refractivity contribution in [3.63, 3.8) is 0 Å². The SMILES string of the molecule is C/C=C/c1cccc(/C(=C2\C=CC=CC2)c2ccccc2Cc2ccc(-c3ccc4c(c3)C(C)(C)C3=C4C=C4C=CC=CC4C3)cc2)c1. The van der Waals surface area contributed by atoms with E-state index in [2.05, 4.69) is 179 Å². The minimum atomic E-state index is 0.0310. The topological polar surface area (TPSA) is 0 Å². The number of fused-ring (bicyclic) bond motifs is 3. The van der Waals surface area contributed by atoms with Crippen LogP contribution in [-0.2, 0) is 11.8 Å². The highest BCUT2D eigenvalue weighted by atomic mass is 14.4. The molecule has 0 saturated carbocycles. The van der Waals surface area contributed by atoms with Gasteiger partial charge in [-0.25, -0.2) is 0 Å². The summed E-state index contributed by atoms with van der Waals surface area (Å²) in [6.07, 6.45) is 27.6. The molecule has 0 aliphatic heterocycles. The summed E-state index contributed by atoms with van der Waals surface area (Å²) in [6.45, 7) is 6.91. The first-order chi connectivity index (χ1) is 23.5. The molecule has 0 amide bonds. The van der Waals surface area contributed by atoms with Crippen molar-refractivity contribution < 1.29 is 0 Å². The molecule has 0 heterocycles. The van der Waals surface area contributed by atoms with Crippen molar-refractivity contribution >= 4 is 17.2 Å². The van der Waals surface area contributed by atoms with E-state index >= 15 is 0 Å². The molecule has 0 fully saturated rings. The van der Waals surface area contributed by atoms with E-state index in [0.717, 1.165) is 19.3 Å². The molecule has 0 saturated heterocycles. The fourth-order valence-corrected chi connectivity index (χ4v) is 8.15. The Kier molecular flexibility index (Phi) is 7.81. The lowest BCUT2D eigenvalue weighted by atomic mass is 9.73. The van der Waals surface area contributed by atoms with Gasteiger partial charge < -0.3 is 0 Å². The zero-order chi connectivity index (χ0) is 32.7. The van der Waals surface area contributed by atoms with Crippen molar-refractivity contribution in [2.24, 2.45) is 5.92 Å². The van der Waals surface area contributed by atoms with Crippen LogP contribution < -0.4 is 0 Å². The molecule has 4 aliphatic rings. The van der Waals surface area contributed by atoms with Gasteiger partial charge in [0, 0.05) is 11.3 Å². The Morgan fingerprint density at radius 1 is 0.812 bits per heavy atom. The zero-order valence-corrected chi connectivity index (χ0v) is 28.2. The van der Waals surface area contributed by atoms with Crippen LogP contribution in [-0.4, -0.2) is 0 Å². The van der Waals surface area contributed by atoms with Gasteiger partial charge in [-0.3, -0.25) is 0 Å². The number of hydrogen-bond acceptors (Lipinski definition) is 0. The largest absolute Gasteiger partial charge is 0.0871 e. The molecule has 4 aliphatic carbocycles. The molecule has 1 unspecified atom stereocenters. The summed E-state index contributed by atoms with van der Waals surface area (Å²) in [5.74, 6) is 0.506. The Labute approximate surface area is 286 Å². The van der Waals surface area contributed by atoms with Crippen LogP contribution in [0.4, 0.5) is 0 Å². The van der Waals surface area contributed by atoms with Crippen molar-refractivity contribution in [1.82, 2.24) is 0 Å². The predicted octanol–water partition coefficient (Wildman–Crippen LogP) is 12.4. The summed E-state index contributed by atoms with van der Waals surface area (Å²) in [6, 6.07) is 34.3. The molecule has 0 radical (unpaired) electrons. The van der Waals surface area contributed by atoms with E-state index in [-0.39, 0.29) is 5.41 Å². The average molecular weight is 619 g/mol. The van der Waals surface area contributed by atoms with E-state index < -0.39 is 0 Å². The standard InChI is InChI=1S/C48H42/c1-4-13-33-14-12-20-41(29-33)47(36-15-6-5-7-16-36)42-21-11-10-19-40(42)28-34-22-24-35(25-23-34)39-26-27-43-44-30-37-17-8-9-18-38(37)31-46(44)48(2,3)45(43)32-39/h4-15,17-27,29-30,32,38H,16,28,31H2,1-3H3/b13-4+,47-36-. The van der Waals surface area contributed by atoms with Gasteiger partial charge in [0.25, 0.3) is 0 Å². The first-order valence-corrected chi connectivity index (χ1v) is 17.4. The van der Waals surface area contributed by atoms with Crippen molar-refractivity contribution in [2.45, 2.75) is 45.4 Å². The Balaban J connectivity index is 1.09. The third-order valence-electron chi connectivity index (χ3n) is 10.7. The van der Waals surface area contributed by atoms with Gasteiger partial charge in [0.2, 0.25) is 0 Å². The summed E-state index contributed by atoms with van der Waals surface area (Å²) in [5, 5.41) is 0. The predicted molar refractivity (Wildman–Crippen MR) is 206 cm³/mol. The van der Waals surface area contributed by atoms with Gasteiger partial charge in [0.1, 0.15) is 0 Å². The molecular formula is C48H42. The molecular weight excluding hydrogens is 577 g/mol. The van der Waals surface area contributed by atoms with E-state index in [1.165, 1.54) is 72.4 Å². The van der Waals surface area contributed by atoms with Crippen LogP contribution >= 0.6 is 0 Å². The summed E-state index contributed by atoms with van der Waals surface area (Å²) < 4.78 is 0. The van der Waals surface area contributed by atoms with E-state index in [4.69, 9.17) is 0 Å². The maximum absolute atomic E-state index is 2.46. The maximum atomic E-state index is 2.46. The van der Waals surface area contributed by atoms with Gasteiger partial charge in [-0.15, -0.1) is 0 Å². The molecule has 1 atom stereocenters. The quantitative estimate of drug-likeness (QED) is 0.202. The van der Waals surface area contributed by atoms with Gasteiger partial charge in [-0.1, -0.05) is 165 Å². The maximum Gasteiger partial charge on any atom is 0.0121 e. The number of benzene rings is 4. The lowest BCUT2D eigenvalue weighted by Gasteiger charge is -2.30. The van der Waals surface area contributed by atoms with E-state index in [9.17, 15) is 0 Å². The summed E-state index contributed by atoms with van der Waals surface area (Å²) in [5.41, 5.74) is 19.1. The molecule has 0 spiro atoms. The van der Waals surface area contributed by atoms with Crippen LogP contribution in [0.5, 0.6) is 0 Å². The lowest BCUT2D eigenvalue weighted by Crippen LogP contribution is -2.21. The molecule has 234 valence electrons. The summed E-state index contributed by atoms with van der Waals surface area (Å²) >= 11 is 0. The fourth-order valence-electron chi connectivity index (χ4n) is 8.15. The molecule has 0 aromatic heterocycles. The minimum Gasteiger partial charge on any atom is -0.0871 e. The van der Waals surface area contributed by atoms with Gasteiger partial charge in [-0.2, -0.15) is 0 Å². The van der Waals surface area contributed by atoms with Crippen LogP contribution in [0.15, 0.2) is 168 Å². The van der Waals surface area contributed by atoms with Crippen molar-refractivity contribution in [2.75, 3.05) is 0 Å². The normalized spacial score (nSPS) is 19.7. The van der Waals surface area contributed by atoms with Crippen LogP contribution in [0.3, 0.4) is 0 Å². The van der Waals surface area contributed by atoms with E-state index in [1.807, 2.05) is 0 Å². The fraction of sp³-hybridized carbons (Fsp3) is 0.167. The minimum absolute atomic E-state index is 0.0310. The molecule has 0 N–H and O–H groups in total. The first kappa shape index (κ1) is 30.2. The van der Waals surface area contributed by atoms with Crippen LogP contribution in [0.25, 0.3) is 28.3 Å².